The average molecular weight is 325 g/mol. The molecule has 0 radical (unpaired) electrons. The van der Waals surface area contributed by atoms with Crippen LogP contribution >= 0.6 is 15.9 Å². The maximum Gasteiger partial charge on any atom is 0.251 e. The number of hydrogen-bond acceptors (Lipinski definition) is 2. The molecule has 0 heterocycles. The van der Waals surface area contributed by atoms with Crippen molar-refractivity contribution >= 4 is 27.7 Å². The van der Waals surface area contributed by atoms with Crippen molar-refractivity contribution in [2.75, 3.05) is 6.54 Å². The zero-order chi connectivity index (χ0) is 14.0. The van der Waals surface area contributed by atoms with Gasteiger partial charge in [0.25, 0.3) is 5.91 Å². The van der Waals surface area contributed by atoms with Gasteiger partial charge in [-0.2, -0.15) is 0 Å². The van der Waals surface area contributed by atoms with Gasteiger partial charge in [-0.15, -0.1) is 0 Å². The predicted octanol–water partition coefficient (Wildman–Crippen LogP) is 2.07. The number of carbonyl (C=O) groups is 2. The minimum absolute atomic E-state index is 0.0316. The molecule has 0 atom stereocenters. The first-order valence-corrected chi connectivity index (χ1v) is 7.11. The van der Waals surface area contributed by atoms with Crippen LogP contribution in [0.2, 0.25) is 0 Å². The Morgan fingerprint density at radius 1 is 1.26 bits per heavy atom. The fourth-order valence-electron chi connectivity index (χ4n) is 1.79. The molecule has 1 fully saturated rings. The average Bonchev–Trinajstić information content (AvgIpc) is 3.14. The lowest BCUT2D eigenvalue weighted by Crippen LogP contribution is -2.38. The van der Waals surface area contributed by atoms with E-state index in [0.29, 0.717) is 11.6 Å². The van der Waals surface area contributed by atoms with E-state index >= 15 is 0 Å². The summed E-state index contributed by atoms with van der Waals surface area (Å²) in [5, 5.41) is 5.49. The zero-order valence-corrected chi connectivity index (χ0v) is 12.6. The molecule has 2 N–H and O–H groups in total. The summed E-state index contributed by atoms with van der Waals surface area (Å²) in [5.41, 5.74) is 2.50. The van der Waals surface area contributed by atoms with Gasteiger partial charge in [0.1, 0.15) is 0 Å². The maximum atomic E-state index is 12.0. The van der Waals surface area contributed by atoms with Crippen molar-refractivity contribution in [1.29, 1.82) is 0 Å². The van der Waals surface area contributed by atoms with Gasteiger partial charge < -0.3 is 10.6 Å². The molecule has 0 aliphatic heterocycles. The summed E-state index contributed by atoms with van der Waals surface area (Å²) in [6.07, 6.45) is 2.09. The van der Waals surface area contributed by atoms with Crippen LogP contribution in [0.25, 0.3) is 0 Å². The Hall–Kier alpha value is -1.36. The summed E-state index contributed by atoms with van der Waals surface area (Å²) >= 11 is 3.43. The van der Waals surface area contributed by atoms with E-state index in [1.807, 2.05) is 26.0 Å². The monoisotopic (exact) mass is 324 g/mol. The lowest BCUT2D eigenvalue weighted by Gasteiger charge is -2.10. The number of rotatable bonds is 4. The molecule has 1 aliphatic rings. The summed E-state index contributed by atoms with van der Waals surface area (Å²) in [6.45, 7) is 3.84. The smallest absolute Gasteiger partial charge is 0.251 e. The first-order chi connectivity index (χ1) is 8.97. The number of benzene rings is 1. The molecule has 0 saturated heterocycles. The molecule has 1 saturated carbocycles. The molecule has 1 aromatic carbocycles. The predicted molar refractivity (Wildman–Crippen MR) is 77.1 cm³/mol. The lowest BCUT2D eigenvalue weighted by molar-refractivity contribution is -0.120. The molecule has 4 nitrogen and oxygen atoms in total. The van der Waals surface area contributed by atoms with E-state index in [0.717, 1.165) is 28.4 Å². The molecule has 0 aromatic heterocycles. The number of aryl methyl sites for hydroxylation is 2. The Morgan fingerprint density at radius 3 is 2.58 bits per heavy atom. The van der Waals surface area contributed by atoms with Gasteiger partial charge in [0.15, 0.2) is 0 Å². The second-order valence-electron chi connectivity index (χ2n) is 4.94. The van der Waals surface area contributed by atoms with E-state index < -0.39 is 0 Å². The fourth-order valence-corrected chi connectivity index (χ4v) is 2.25. The van der Waals surface area contributed by atoms with Gasteiger partial charge in [0.05, 0.1) is 6.54 Å². The number of hydrogen-bond donors (Lipinski definition) is 2. The van der Waals surface area contributed by atoms with Crippen molar-refractivity contribution in [3.63, 3.8) is 0 Å². The van der Waals surface area contributed by atoms with Crippen molar-refractivity contribution in [2.24, 2.45) is 0 Å². The Labute approximate surface area is 121 Å². The standard InChI is InChI=1S/C14H17BrN2O2/c1-8-6-12(15)9(2)5-11(8)14(19)16-7-13(18)17-10-3-4-10/h5-6,10H,3-4,7H2,1-2H3,(H,16,19)(H,17,18). The third-order valence-electron chi connectivity index (χ3n) is 3.10. The van der Waals surface area contributed by atoms with Crippen molar-refractivity contribution in [2.45, 2.75) is 32.7 Å². The summed E-state index contributed by atoms with van der Waals surface area (Å²) in [5.74, 6) is -0.332. The summed E-state index contributed by atoms with van der Waals surface area (Å²) in [6, 6.07) is 4.06. The van der Waals surface area contributed by atoms with Crippen LogP contribution in [0.5, 0.6) is 0 Å². The second-order valence-corrected chi connectivity index (χ2v) is 5.80. The van der Waals surface area contributed by atoms with Crippen molar-refractivity contribution < 1.29 is 9.59 Å². The van der Waals surface area contributed by atoms with Crippen molar-refractivity contribution in [1.82, 2.24) is 10.6 Å². The van der Waals surface area contributed by atoms with Gasteiger partial charge in [0.2, 0.25) is 5.91 Å². The maximum absolute atomic E-state index is 12.0. The molecule has 5 heteroatoms. The zero-order valence-electron chi connectivity index (χ0n) is 11.0. The SMILES string of the molecule is Cc1cc(C(=O)NCC(=O)NC2CC2)c(C)cc1Br. The quantitative estimate of drug-likeness (QED) is 0.890. The fraction of sp³-hybridized carbons (Fsp3) is 0.429. The first-order valence-electron chi connectivity index (χ1n) is 6.31. The number of amides is 2. The third-order valence-corrected chi connectivity index (χ3v) is 3.96. The van der Waals surface area contributed by atoms with Crippen molar-refractivity contribution in [3.8, 4) is 0 Å². The molecule has 102 valence electrons. The van der Waals surface area contributed by atoms with Crippen LogP contribution in [0.4, 0.5) is 0 Å². The summed E-state index contributed by atoms with van der Waals surface area (Å²) in [7, 11) is 0. The second kappa shape index (κ2) is 5.74. The Bertz CT molecular complexity index is 524. The van der Waals surface area contributed by atoms with Crippen LogP contribution in [0.15, 0.2) is 16.6 Å². The minimum Gasteiger partial charge on any atom is -0.352 e. The van der Waals surface area contributed by atoms with Gasteiger partial charge in [-0.05, 0) is 49.9 Å². The summed E-state index contributed by atoms with van der Waals surface area (Å²) in [4.78, 5) is 23.5. The molecule has 2 amide bonds. The Kier molecular flexibility index (Phi) is 4.24. The van der Waals surface area contributed by atoms with E-state index in [-0.39, 0.29) is 18.4 Å². The van der Waals surface area contributed by atoms with Gasteiger partial charge in [-0.1, -0.05) is 15.9 Å². The van der Waals surface area contributed by atoms with E-state index in [2.05, 4.69) is 26.6 Å². The van der Waals surface area contributed by atoms with Crippen LogP contribution in [0.1, 0.15) is 34.3 Å². The van der Waals surface area contributed by atoms with E-state index in [1.54, 1.807) is 0 Å². The highest BCUT2D eigenvalue weighted by molar-refractivity contribution is 9.10. The molecule has 1 aliphatic carbocycles. The topological polar surface area (TPSA) is 58.2 Å². The van der Waals surface area contributed by atoms with Crippen LogP contribution in [-0.2, 0) is 4.79 Å². The van der Waals surface area contributed by atoms with Crippen LogP contribution in [0.3, 0.4) is 0 Å². The molecule has 0 unspecified atom stereocenters. The third kappa shape index (κ3) is 3.80. The van der Waals surface area contributed by atoms with Gasteiger partial charge in [0, 0.05) is 16.1 Å². The molecular formula is C14H17BrN2O2. The number of nitrogens with one attached hydrogen (secondary N) is 2. The minimum atomic E-state index is -0.209. The highest BCUT2D eigenvalue weighted by Gasteiger charge is 2.23. The molecule has 1 aromatic rings. The molecular weight excluding hydrogens is 308 g/mol. The first kappa shape index (κ1) is 14.1. The summed E-state index contributed by atoms with van der Waals surface area (Å²) < 4.78 is 0.980. The Balaban J connectivity index is 1.95. The van der Waals surface area contributed by atoms with Crippen molar-refractivity contribution in [3.05, 3.63) is 33.3 Å². The van der Waals surface area contributed by atoms with Crippen LogP contribution in [0, 0.1) is 13.8 Å². The Morgan fingerprint density at radius 2 is 1.95 bits per heavy atom. The lowest BCUT2D eigenvalue weighted by atomic mass is 10.1. The molecule has 2 rings (SSSR count). The molecule has 0 bridgehead atoms. The van der Waals surface area contributed by atoms with Gasteiger partial charge >= 0.3 is 0 Å². The van der Waals surface area contributed by atoms with Crippen LogP contribution in [-0.4, -0.2) is 24.4 Å². The van der Waals surface area contributed by atoms with E-state index in [4.69, 9.17) is 0 Å². The number of carbonyl (C=O) groups excluding carboxylic acids is 2. The van der Waals surface area contributed by atoms with E-state index in [1.165, 1.54) is 0 Å². The largest absolute Gasteiger partial charge is 0.352 e. The molecule has 0 spiro atoms. The normalized spacial score (nSPS) is 14.1. The number of halogens is 1. The van der Waals surface area contributed by atoms with Gasteiger partial charge in [-0.3, -0.25) is 9.59 Å². The van der Waals surface area contributed by atoms with Crippen LogP contribution < -0.4 is 10.6 Å². The van der Waals surface area contributed by atoms with Gasteiger partial charge in [-0.25, -0.2) is 0 Å². The van der Waals surface area contributed by atoms with E-state index in [9.17, 15) is 9.59 Å². The molecule has 19 heavy (non-hydrogen) atoms. The highest BCUT2D eigenvalue weighted by Crippen LogP contribution is 2.21. The highest BCUT2D eigenvalue weighted by atomic mass is 79.9.